The number of hydrogen-bond donors (Lipinski definition) is 1. The van der Waals surface area contributed by atoms with Crippen LogP contribution in [0, 0.1) is 13.8 Å². The highest BCUT2D eigenvalue weighted by atomic mass is 16.5. The zero-order chi connectivity index (χ0) is 13.0. The molecule has 0 aliphatic heterocycles. The third kappa shape index (κ3) is 2.79. The van der Waals surface area contributed by atoms with Gasteiger partial charge in [-0.25, -0.2) is 0 Å². The first kappa shape index (κ1) is 12.8. The summed E-state index contributed by atoms with van der Waals surface area (Å²) in [6.07, 6.45) is 2.80. The molecule has 2 heterocycles. The van der Waals surface area contributed by atoms with E-state index in [1.807, 2.05) is 17.7 Å². The highest BCUT2D eigenvalue weighted by Gasteiger charge is 2.12. The summed E-state index contributed by atoms with van der Waals surface area (Å²) in [4.78, 5) is 0. The van der Waals surface area contributed by atoms with E-state index in [9.17, 15) is 0 Å². The van der Waals surface area contributed by atoms with Crippen molar-refractivity contribution < 1.29 is 4.52 Å². The summed E-state index contributed by atoms with van der Waals surface area (Å²) in [6, 6.07) is 1.87. The Balaban J connectivity index is 2.10. The molecule has 0 amide bonds. The minimum Gasteiger partial charge on any atom is -0.359 e. The maximum absolute atomic E-state index is 5.11. The molecule has 0 radical (unpaired) electrons. The number of aryl methyl sites for hydroxylation is 1. The number of hydrogen-bond acceptors (Lipinski definition) is 4. The van der Waals surface area contributed by atoms with Crippen molar-refractivity contribution in [1.82, 2.24) is 20.3 Å². The van der Waals surface area contributed by atoms with Gasteiger partial charge in [0.15, 0.2) is 5.76 Å². The van der Waals surface area contributed by atoms with E-state index in [4.69, 9.17) is 4.52 Å². The second-order valence-electron chi connectivity index (χ2n) is 4.46. The first-order valence-electron chi connectivity index (χ1n) is 6.35. The Bertz CT molecular complexity index is 487. The summed E-state index contributed by atoms with van der Waals surface area (Å²) < 4.78 is 7.08. The van der Waals surface area contributed by atoms with E-state index in [0.717, 1.165) is 31.0 Å². The monoisotopic (exact) mass is 248 g/mol. The van der Waals surface area contributed by atoms with E-state index in [0.29, 0.717) is 6.54 Å². The fourth-order valence-corrected chi connectivity index (χ4v) is 2.01. The van der Waals surface area contributed by atoms with Gasteiger partial charge in [-0.2, -0.15) is 5.10 Å². The zero-order valence-corrected chi connectivity index (χ0v) is 11.2. The van der Waals surface area contributed by atoms with Gasteiger partial charge in [-0.05, 0) is 26.8 Å². The van der Waals surface area contributed by atoms with Gasteiger partial charge in [0, 0.05) is 23.9 Å². The van der Waals surface area contributed by atoms with Crippen LogP contribution in [0.15, 0.2) is 16.8 Å². The van der Waals surface area contributed by atoms with Crippen molar-refractivity contribution >= 4 is 0 Å². The molecule has 0 atom stereocenters. The average molecular weight is 248 g/mol. The molecule has 2 aromatic heterocycles. The quantitative estimate of drug-likeness (QED) is 0.795. The number of nitrogens with zero attached hydrogens (tertiary/aromatic N) is 3. The van der Waals surface area contributed by atoms with Gasteiger partial charge in [-0.3, -0.25) is 4.68 Å². The van der Waals surface area contributed by atoms with Gasteiger partial charge in [-0.1, -0.05) is 12.1 Å². The molecular formula is C13H20N4O. The Morgan fingerprint density at radius 3 is 2.89 bits per heavy atom. The van der Waals surface area contributed by atoms with Crippen molar-refractivity contribution in [1.29, 1.82) is 0 Å². The fraction of sp³-hybridized carbons (Fsp3) is 0.538. The van der Waals surface area contributed by atoms with Gasteiger partial charge < -0.3 is 9.84 Å². The summed E-state index contributed by atoms with van der Waals surface area (Å²) in [6.45, 7) is 8.86. The van der Waals surface area contributed by atoms with Crippen LogP contribution in [0.4, 0.5) is 0 Å². The molecule has 0 saturated heterocycles. The van der Waals surface area contributed by atoms with Crippen molar-refractivity contribution in [2.45, 2.75) is 40.3 Å². The normalized spacial score (nSPS) is 11.1. The van der Waals surface area contributed by atoms with Gasteiger partial charge in [0.25, 0.3) is 0 Å². The third-order valence-electron chi connectivity index (χ3n) is 3.06. The van der Waals surface area contributed by atoms with Crippen LogP contribution in [0.2, 0.25) is 0 Å². The largest absolute Gasteiger partial charge is 0.359 e. The van der Waals surface area contributed by atoms with Gasteiger partial charge in [-0.15, -0.1) is 0 Å². The lowest BCUT2D eigenvalue weighted by Crippen LogP contribution is -2.15. The van der Waals surface area contributed by atoms with E-state index in [1.165, 1.54) is 11.3 Å². The van der Waals surface area contributed by atoms with Crippen molar-refractivity contribution in [3.05, 3.63) is 35.0 Å². The van der Waals surface area contributed by atoms with Gasteiger partial charge in [0.1, 0.15) is 6.54 Å². The molecule has 0 aromatic carbocycles. The summed E-state index contributed by atoms with van der Waals surface area (Å²) >= 11 is 0. The van der Waals surface area contributed by atoms with E-state index < -0.39 is 0 Å². The summed E-state index contributed by atoms with van der Waals surface area (Å²) in [5.41, 5.74) is 3.55. The van der Waals surface area contributed by atoms with Gasteiger partial charge in [0.2, 0.25) is 0 Å². The van der Waals surface area contributed by atoms with Gasteiger partial charge in [0.05, 0.1) is 11.9 Å². The minimum absolute atomic E-state index is 0.639. The van der Waals surface area contributed by atoms with Crippen LogP contribution in [-0.4, -0.2) is 21.5 Å². The Hall–Kier alpha value is -1.62. The fourth-order valence-electron chi connectivity index (χ4n) is 2.01. The Morgan fingerprint density at radius 1 is 1.39 bits per heavy atom. The molecule has 2 rings (SSSR count). The van der Waals surface area contributed by atoms with Crippen LogP contribution in [-0.2, 0) is 13.1 Å². The second-order valence-corrected chi connectivity index (χ2v) is 4.46. The molecule has 18 heavy (non-hydrogen) atoms. The molecule has 2 aromatic rings. The van der Waals surface area contributed by atoms with E-state index in [1.54, 1.807) is 6.20 Å². The lowest BCUT2D eigenvalue weighted by Gasteiger charge is -2.04. The molecule has 0 aliphatic carbocycles. The average Bonchev–Trinajstić information content (AvgIpc) is 2.93. The predicted octanol–water partition coefficient (Wildman–Crippen LogP) is 2.04. The molecule has 0 fully saturated rings. The lowest BCUT2D eigenvalue weighted by molar-refractivity contribution is 0.370. The SMILES string of the molecule is CCCNCc1c(C)nn(Cc2ccno2)c1C. The Morgan fingerprint density at radius 2 is 2.22 bits per heavy atom. The summed E-state index contributed by atoms with van der Waals surface area (Å²) in [7, 11) is 0. The number of nitrogens with one attached hydrogen (secondary N) is 1. The number of rotatable bonds is 6. The molecule has 0 saturated carbocycles. The summed E-state index contributed by atoms with van der Waals surface area (Å²) in [5, 5.41) is 11.7. The highest BCUT2D eigenvalue weighted by molar-refractivity contribution is 5.24. The van der Waals surface area contributed by atoms with Crippen LogP contribution < -0.4 is 5.32 Å². The molecule has 0 spiro atoms. The van der Waals surface area contributed by atoms with Crippen molar-refractivity contribution in [2.24, 2.45) is 0 Å². The van der Waals surface area contributed by atoms with Crippen molar-refractivity contribution in [2.75, 3.05) is 6.54 Å². The van der Waals surface area contributed by atoms with Crippen LogP contribution in [0.5, 0.6) is 0 Å². The molecule has 0 unspecified atom stereocenters. The van der Waals surface area contributed by atoms with Crippen LogP contribution >= 0.6 is 0 Å². The molecule has 0 aliphatic rings. The molecule has 5 heteroatoms. The molecule has 5 nitrogen and oxygen atoms in total. The van der Waals surface area contributed by atoms with Crippen LogP contribution in [0.3, 0.4) is 0 Å². The lowest BCUT2D eigenvalue weighted by atomic mass is 10.2. The predicted molar refractivity (Wildman–Crippen MR) is 69.3 cm³/mol. The first-order valence-corrected chi connectivity index (χ1v) is 6.35. The Kier molecular flexibility index (Phi) is 4.15. The molecule has 0 bridgehead atoms. The topological polar surface area (TPSA) is 55.9 Å². The van der Waals surface area contributed by atoms with Crippen LogP contribution in [0.25, 0.3) is 0 Å². The number of aromatic nitrogens is 3. The standard InChI is InChI=1S/C13H20N4O/c1-4-6-14-8-13-10(2)16-17(11(13)3)9-12-5-7-15-18-12/h5,7,14H,4,6,8-9H2,1-3H3. The molecule has 98 valence electrons. The smallest absolute Gasteiger partial charge is 0.158 e. The highest BCUT2D eigenvalue weighted by Crippen LogP contribution is 2.14. The summed E-state index contributed by atoms with van der Waals surface area (Å²) in [5.74, 6) is 0.827. The van der Waals surface area contributed by atoms with E-state index in [2.05, 4.69) is 29.4 Å². The third-order valence-corrected chi connectivity index (χ3v) is 3.06. The maximum Gasteiger partial charge on any atom is 0.158 e. The Labute approximate surface area is 107 Å². The van der Waals surface area contributed by atoms with Gasteiger partial charge >= 0.3 is 0 Å². The maximum atomic E-state index is 5.11. The van der Waals surface area contributed by atoms with Crippen molar-refractivity contribution in [3.63, 3.8) is 0 Å². The molecule has 1 N–H and O–H groups in total. The van der Waals surface area contributed by atoms with Crippen molar-refractivity contribution in [3.8, 4) is 0 Å². The van der Waals surface area contributed by atoms with E-state index >= 15 is 0 Å². The van der Waals surface area contributed by atoms with Crippen LogP contribution in [0.1, 0.15) is 36.1 Å². The first-order chi connectivity index (χ1) is 8.72. The molecular weight excluding hydrogens is 228 g/mol. The minimum atomic E-state index is 0.639. The second kappa shape index (κ2) is 5.82. The zero-order valence-electron chi connectivity index (χ0n) is 11.2. The van der Waals surface area contributed by atoms with E-state index in [-0.39, 0.29) is 0 Å².